The summed E-state index contributed by atoms with van der Waals surface area (Å²) in [7, 11) is 0. The molecule has 0 spiro atoms. The van der Waals surface area contributed by atoms with E-state index in [0.29, 0.717) is 12.2 Å². The van der Waals surface area contributed by atoms with Crippen molar-refractivity contribution < 1.29 is 17.9 Å². The van der Waals surface area contributed by atoms with Crippen LogP contribution in [0.3, 0.4) is 0 Å². The molecule has 0 saturated carbocycles. The first kappa shape index (κ1) is 11.8. The molecular formula is C10H12F3NO. The Morgan fingerprint density at radius 1 is 1.33 bits per heavy atom. The first-order valence-electron chi connectivity index (χ1n) is 4.48. The van der Waals surface area contributed by atoms with E-state index in [4.69, 9.17) is 10.5 Å². The largest absolute Gasteiger partial charge is 0.418 e. The molecule has 1 aromatic carbocycles. The van der Waals surface area contributed by atoms with E-state index in [1.165, 1.54) is 12.1 Å². The maximum absolute atomic E-state index is 12.4. The average Bonchev–Trinajstić information content (AvgIpc) is 2.15. The molecule has 84 valence electrons. The SMILES string of the molecule is CCOCc1ccc(N)c(C(F)(F)F)c1. The highest BCUT2D eigenvalue weighted by atomic mass is 19.4. The lowest BCUT2D eigenvalue weighted by molar-refractivity contribution is -0.137. The van der Waals surface area contributed by atoms with Crippen molar-refractivity contribution in [2.24, 2.45) is 0 Å². The summed E-state index contributed by atoms with van der Waals surface area (Å²) in [5.74, 6) is 0. The van der Waals surface area contributed by atoms with Crippen molar-refractivity contribution in [3.8, 4) is 0 Å². The summed E-state index contributed by atoms with van der Waals surface area (Å²) in [6.45, 7) is 2.41. The molecular weight excluding hydrogens is 207 g/mol. The smallest absolute Gasteiger partial charge is 0.398 e. The second-order valence-corrected chi connectivity index (χ2v) is 3.06. The lowest BCUT2D eigenvalue weighted by Crippen LogP contribution is -2.09. The summed E-state index contributed by atoms with van der Waals surface area (Å²) in [6, 6.07) is 3.79. The maximum Gasteiger partial charge on any atom is 0.418 e. The predicted molar refractivity (Wildman–Crippen MR) is 51.2 cm³/mol. The molecule has 0 atom stereocenters. The molecule has 2 nitrogen and oxygen atoms in total. The quantitative estimate of drug-likeness (QED) is 0.793. The van der Waals surface area contributed by atoms with Crippen LogP contribution in [0.2, 0.25) is 0 Å². The van der Waals surface area contributed by atoms with Gasteiger partial charge in [0.1, 0.15) is 0 Å². The van der Waals surface area contributed by atoms with E-state index in [-0.39, 0.29) is 12.3 Å². The van der Waals surface area contributed by atoms with Gasteiger partial charge < -0.3 is 10.5 Å². The Labute approximate surface area is 85.8 Å². The number of benzene rings is 1. The molecule has 0 bridgehead atoms. The van der Waals surface area contributed by atoms with E-state index >= 15 is 0 Å². The Morgan fingerprint density at radius 3 is 2.53 bits per heavy atom. The van der Waals surface area contributed by atoms with Crippen LogP contribution in [0.15, 0.2) is 18.2 Å². The fraction of sp³-hybridized carbons (Fsp3) is 0.400. The van der Waals surface area contributed by atoms with Crippen molar-refractivity contribution in [3.05, 3.63) is 29.3 Å². The van der Waals surface area contributed by atoms with Crippen molar-refractivity contribution in [1.29, 1.82) is 0 Å². The van der Waals surface area contributed by atoms with Gasteiger partial charge in [0, 0.05) is 12.3 Å². The van der Waals surface area contributed by atoms with Gasteiger partial charge in [0.15, 0.2) is 0 Å². The van der Waals surface area contributed by atoms with Crippen LogP contribution in [0, 0.1) is 0 Å². The second-order valence-electron chi connectivity index (χ2n) is 3.06. The lowest BCUT2D eigenvalue weighted by atomic mass is 10.1. The zero-order valence-corrected chi connectivity index (χ0v) is 8.27. The third-order valence-corrected chi connectivity index (χ3v) is 1.90. The topological polar surface area (TPSA) is 35.2 Å². The fourth-order valence-corrected chi connectivity index (χ4v) is 1.16. The van der Waals surface area contributed by atoms with Gasteiger partial charge in [-0.1, -0.05) is 6.07 Å². The van der Waals surface area contributed by atoms with Gasteiger partial charge in [0.05, 0.1) is 12.2 Å². The Kier molecular flexibility index (Phi) is 3.57. The first-order valence-corrected chi connectivity index (χ1v) is 4.48. The molecule has 0 unspecified atom stereocenters. The van der Waals surface area contributed by atoms with Crippen LogP contribution in [0.4, 0.5) is 18.9 Å². The van der Waals surface area contributed by atoms with Crippen molar-refractivity contribution >= 4 is 5.69 Å². The van der Waals surface area contributed by atoms with E-state index in [1.54, 1.807) is 6.92 Å². The number of hydrogen-bond acceptors (Lipinski definition) is 2. The molecule has 0 aliphatic carbocycles. The highest BCUT2D eigenvalue weighted by Crippen LogP contribution is 2.34. The third kappa shape index (κ3) is 3.13. The van der Waals surface area contributed by atoms with Crippen LogP contribution < -0.4 is 5.73 Å². The summed E-state index contributed by atoms with van der Waals surface area (Å²) >= 11 is 0. The normalized spacial score (nSPS) is 11.7. The van der Waals surface area contributed by atoms with Crippen molar-refractivity contribution in [3.63, 3.8) is 0 Å². The number of nitrogen functional groups attached to an aromatic ring is 1. The molecule has 0 saturated heterocycles. The maximum atomic E-state index is 12.4. The van der Waals surface area contributed by atoms with Crippen LogP contribution in [0.1, 0.15) is 18.1 Å². The van der Waals surface area contributed by atoms with E-state index in [2.05, 4.69) is 0 Å². The molecule has 1 rings (SSSR count). The molecule has 1 aromatic rings. The lowest BCUT2D eigenvalue weighted by Gasteiger charge is -2.11. The number of nitrogens with two attached hydrogens (primary N) is 1. The number of rotatable bonds is 3. The summed E-state index contributed by atoms with van der Waals surface area (Å²) < 4.78 is 42.3. The number of hydrogen-bond donors (Lipinski definition) is 1. The zero-order valence-electron chi connectivity index (χ0n) is 8.27. The van der Waals surface area contributed by atoms with Crippen molar-refractivity contribution in [1.82, 2.24) is 0 Å². The highest BCUT2D eigenvalue weighted by Gasteiger charge is 2.32. The Morgan fingerprint density at radius 2 is 2.00 bits per heavy atom. The second kappa shape index (κ2) is 4.53. The van der Waals surface area contributed by atoms with Crippen LogP contribution in [-0.2, 0) is 17.5 Å². The van der Waals surface area contributed by atoms with E-state index < -0.39 is 11.7 Å². The van der Waals surface area contributed by atoms with Crippen molar-refractivity contribution in [2.45, 2.75) is 19.7 Å². The van der Waals surface area contributed by atoms with Crippen molar-refractivity contribution in [2.75, 3.05) is 12.3 Å². The minimum Gasteiger partial charge on any atom is -0.398 e. The minimum absolute atomic E-state index is 0.167. The molecule has 0 fully saturated rings. The molecule has 0 aliphatic heterocycles. The van der Waals surface area contributed by atoms with Gasteiger partial charge in [-0.3, -0.25) is 0 Å². The monoisotopic (exact) mass is 219 g/mol. The number of alkyl halides is 3. The number of ether oxygens (including phenoxy) is 1. The Bertz CT molecular complexity index is 336. The van der Waals surface area contributed by atoms with E-state index in [9.17, 15) is 13.2 Å². The van der Waals surface area contributed by atoms with Gasteiger partial charge in [-0.05, 0) is 24.6 Å². The van der Waals surface area contributed by atoms with E-state index in [1.807, 2.05) is 0 Å². The van der Waals surface area contributed by atoms with Gasteiger partial charge >= 0.3 is 6.18 Å². The molecule has 0 radical (unpaired) electrons. The van der Waals surface area contributed by atoms with Gasteiger partial charge in [-0.15, -0.1) is 0 Å². The predicted octanol–water partition coefficient (Wildman–Crippen LogP) is 2.82. The Balaban J connectivity index is 2.95. The average molecular weight is 219 g/mol. The number of anilines is 1. The molecule has 15 heavy (non-hydrogen) atoms. The standard InChI is InChI=1S/C10H12F3NO/c1-2-15-6-7-3-4-9(14)8(5-7)10(11,12)13/h3-5H,2,6,14H2,1H3. The van der Waals surface area contributed by atoms with Crippen LogP contribution in [0.5, 0.6) is 0 Å². The molecule has 0 aliphatic rings. The Hall–Kier alpha value is -1.23. The van der Waals surface area contributed by atoms with Crippen LogP contribution in [-0.4, -0.2) is 6.61 Å². The van der Waals surface area contributed by atoms with Gasteiger partial charge in [0.2, 0.25) is 0 Å². The van der Waals surface area contributed by atoms with Gasteiger partial charge in [-0.25, -0.2) is 0 Å². The first-order chi connectivity index (χ1) is 6.95. The van der Waals surface area contributed by atoms with Crippen LogP contribution in [0.25, 0.3) is 0 Å². The third-order valence-electron chi connectivity index (χ3n) is 1.90. The molecule has 5 heteroatoms. The highest BCUT2D eigenvalue weighted by molar-refractivity contribution is 5.50. The van der Waals surface area contributed by atoms with E-state index in [0.717, 1.165) is 6.07 Å². The zero-order chi connectivity index (χ0) is 11.5. The van der Waals surface area contributed by atoms with Gasteiger partial charge in [0.25, 0.3) is 0 Å². The number of halogens is 3. The molecule has 2 N–H and O–H groups in total. The minimum atomic E-state index is -4.41. The summed E-state index contributed by atoms with van der Waals surface area (Å²) in [5.41, 5.74) is 4.65. The summed E-state index contributed by atoms with van der Waals surface area (Å²) in [4.78, 5) is 0. The summed E-state index contributed by atoms with van der Waals surface area (Å²) in [5, 5.41) is 0. The molecule has 0 heterocycles. The molecule has 0 aromatic heterocycles. The fourth-order valence-electron chi connectivity index (χ4n) is 1.16. The van der Waals surface area contributed by atoms with Gasteiger partial charge in [-0.2, -0.15) is 13.2 Å². The molecule has 0 amide bonds. The summed E-state index contributed by atoms with van der Waals surface area (Å²) in [6.07, 6.45) is -4.41. The van der Waals surface area contributed by atoms with Crippen LogP contribution >= 0.6 is 0 Å².